The second kappa shape index (κ2) is 28.3. The molecule has 3 aliphatic rings. The Labute approximate surface area is 482 Å². The van der Waals surface area contributed by atoms with Crippen molar-refractivity contribution in [1.82, 2.24) is 0 Å². The zero-order chi connectivity index (χ0) is 62.9. The summed E-state index contributed by atoms with van der Waals surface area (Å²) in [5.41, 5.74) is -1.21. The molecule has 0 amide bonds. The predicted molar refractivity (Wildman–Crippen MR) is 275 cm³/mol. The Morgan fingerprint density at radius 3 is 1.33 bits per heavy atom. The summed E-state index contributed by atoms with van der Waals surface area (Å²) in [5.74, 6) is -11.7. The van der Waals surface area contributed by atoms with Crippen LogP contribution in [-0.4, -0.2) is 164 Å². The molecule has 15 atom stereocenters. The number of rotatable bonds is 19. The van der Waals surface area contributed by atoms with E-state index in [0.717, 1.165) is 88.3 Å². The Hall–Kier alpha value is -8.58. The van der Waals surface area contributed by atoms with Gasteiger partial charge in [0.15, 0.2) is 67.2 Å². The van der Waals surface area contributed by atoms with Gasteiger partial charge in [0, 0.05) is 93.9 Å². The topological polar surface area (TPSA) is 375 Å². The summed E-state index contributed by atoms with van der Waals surface area (Å²) < 4.78 is 104. The summed E-state index contributed by atoms with van der Waals surface area (Å²) in [6.07, 6.45) is -24.4. The fraction of sp³-hybridized carbons (Fsp3) is 0.527. The number of hydrogen-bond acceptors (Lipinski definition) is 30. The van der Waals surface area contributed by atoms with Gasteiger partial charge in [-0.3, -0.25) is 57.5 Å². The Morgan fingerprint density at radius 1 is 0.424 bits per heavy atom. The first kappa shape index (κ1) is 65.6. The lowest BCUT2D eigenvalue weighted by molar-refractivity contribution is -0.368. The minimum absolute atomic E-state index is 0.0504. The van der Waals surface area contributed by atoms with Crippen LogP contribution in [-0.2, 0) is 114 Å². The van der Waals surface area contributed by atoms with Gasteiger partial charge in [0.05, 0.1) is 18.8 Å². The van der Waals surface area contributed by atoms with Gasteiger partial charge in [0.2, 0.25) is 23.6 Å². The van der Waals surface area contributed by atoms with E-state index >= 15 is 0 Å². The van der Waals surface area contributed by atoms with Crippen molar-refractivity contribution < 1.29 is 138 Å². The van der Waals surface area contributed by atoms with Crippen molar-refractivity contribution >= 4 is 76.6 Å². The van der Waals surface area contributed by atoms with Gasteiger partial charge in [-0.05, 0) is 38.1 Å². The van der Waals surface area contributed by atoms with Crippen LogP contribution in [0, 0.1) is 0 Å². The Balaban J connectivity index is 1.42. The van der Waals surface area contributed by atoms with Crippen LogP contribution in [0.15, 0.2) is 45.6 Å². The minimum Gasteiger partial charge on any atom is -0.461 e. The van der Waals surface area contributed by atoms with Gasteiger partial charge < -0.3 is 84.9 Å². The quantitative estimate of drug-likeness (QED) is 0.0945. The van der Waals surface area contributed by atoms with E-state index in [1.807, 2.05) is 0 Å². The van der Waals surface area contributed by atoms with Crippen molar-refractivity contribution in [2.75, 3.05) is 6.61 Å². The average Bonchev–Trinajstić information content (AvgIpc) is 3.13. The zero-order valence-electron chi connectivity index (χ0n) is 48.1. The maximum atomic E-state index is 14.1. The molecule has 30 nitrogen and oxygen atoms in total. The predicted octanol–water partition coefficient (Wildman–Crippen LogP) is 2.68. The van der Waals surface area contributed by atoms with Crippen LogP contribution in [0.4, 0.5) is 0 Å². The van der Waals surface area contributed by atoms with Crippen LogP contribution in [0.5, 0.6) is 23.0 Å². The Morgan fingerprint density at radius 2 is 0.847 bits per heavy atom. The highest BCUT2D eigenvalue weighted by atomic mass is 16.8. The second-order valence-electron chi connectivity index (χ2n) is 19.3. The monoisotopic (exact) mass is 1200 g/mol. The van der Waals surface area contributed by atoms with Crippen molar-refractivity contribution in [2.24, 2.45) is 0 Å². The molecule has 2 aromatic carbocycles. The van der Waals surface area contributed by atoms with Gasteiger partial charge >= 0.3 is 65.7 Å². The largest absolute Gasteiger partial charge is 0.461 e. The smallest absolute Gasteiger partial charge is 0.308 e. The van der Waals surface area contributed by atoms with Gasteiger partial charge in [-0.25, -0.2) is 0 Å². The summed E-state index contributed by atoms with van der Waals surface area (Å²) in [4.78, 5) is 152. The van der Waals surface area contributed by atoms with Gasteiger partial charge in [0.1, 0.15) is 34.3 Å². The maximum absolute atomic E-state index is 14.1. The SMILES string of the molecule is CC(=O)Oc1cc(OC(C)=O)c2c(=O)c(OC(C)=O)c(-c3ccc(O[C@@H]4O[C@H](CO[C@@H]5O[C@@H](C)[C@H](OC(C)=O)[C@@H](OC(C)=O)[C@H]5O[C@@H]5O[C@@H](C)[C@H](OC(C)=O)[C@@H](OC(C)=O)[C@H]5OC(C)=O)[C@H](OC(C)=O)[C@H](OC(C)=O)[C@H]4OC(C)=O)cc3)oc2c1. The van der Waals surface area contributed by atoms with Gasteiger partial charge in [-0.15, -0.1) is 0 Å². The number of hydrogen-bond donors (Lipinski definition) is 0. The van der Waals surface area contributed by atoms with Gasteiger partial charge in [0.25, 0.3) is 0 Å². The molecule has 0 N–H and O–H groups in total. The van der Waals surface area contributed by atoms with Crippen LogP contribution in [0.1, 0.15) is 90.0 Å². The zero-order valence-corrected chi connectivity index (χ0v) is 48.1. The van der Waals surface area contributed by atoms with E-state index in [9.17, 15) is 57.5 Å². The maximum Gasteiger partial charge on any atom is 0.308 e. The highest BCUT2D eigenvalue weighted by molar-refractivity contribution is 5.92. The highest BCUT2D eigenvalue weighted by Crippen LogP contribution is 2.40. The molecule has 1 aromatic heterocycles. The molecular weight excluding hydrogens is 1140 g/mol. The number of esters is 11. The molecule has 3 aromatic rings. The first-order valence-corrected chi connectivity index (χ1v) is 26.0. The molecule has 0 aliphatic carbocycles. The van der Waals surface area contributed by atoms with Crippen molar-refractivity contribution in [2.45, 2.75) is 182 Å². The van der Waals surface area contributed by atoms with Crippen LogP contribution in [0.2, 0.25) is 0 Å². The van der Waals surface area contributed by atoms with E-state index in [0.29, 0.717) is 0 Å². The second-order valence-corrected chi connectivity index (χ2v) is 19.3. The number of ether oxygens (including phenoxy) is 17. The Bertz CT molecular complexity index is 3110. The van der Waals surface area contributed by atoms with Crippen LogP contribution >= 0.6 is 0 Å². The number of fused-ring (bicyclic) bond motifs is 1. The van der Waals surface area contributed by atoms with Crippen molar-refractivity contribution in [3.8, 4) is 34.3 Å². The van der Waals surface area contributed by atoms with E-state index in [-0.39, 0.29) is 39.5 Å². The molecule has 0 unspecified atom stereocenters. The van der Waals surface area contributed by atoms with Crippen LogP contribution < -0.4 is 24.4 Å². The van der Waals surface area contributed by atoms with Crippen LogP contribution in [0.25, 0.3) is 22.3 Å². The van der Waals surface area contributed by atoms with Gasteiger partial charge in [-0.2, -0.15) is 0 Å². The lowest BCUT2D eigenvalue weighted by Gasteiger charge is -2.48. The molecule has 3 saturated heterocycles. The van der Waals surface area contributed by atoms with Crippen molar-refractivity contribution in [3.63, 3.8) is 0 Å². The van der Waals surface area contributed by atoms with E-state index < -0.39 is 176 Å². The fourth-order valence-electron chi connectivity index (χ4n) is 9.39. The Kier molecular flexibility index (Phi) is 21.9. The number of carbonyl (C=O) groups excluding carboxylic acids is 11. The molecule has 0 bridgehead atoms. The third-order valence-electron chi connectivity index (χ3n) is 12.2. The molecule has 462 valence electrons. The van der Waals surface area contributed by atoms with E-state index in [1.165, 1.54) is 38.1 Å². The molecule has 0 radical (unpaired) electrons. The van der Waals surface area contributed by atoms with E-state index in [2.05, 4.69) is 0 Å². The standard InChI is InChI=1S/C55H62O30/c1-21-42(73-25(5)58)47(77-29(9)62)50(85-54-51(80-32(12)65)48(78-30(10)63)43(22(2)70-54)74-26(6)59)53(69-21)68-20-39-45(75-27(7)60)49(79-31(11)64)52(81-33(13)66)55(84-39)82-35-16-14-34(15-17-35)44-46(76-28(8)61)41(67)40-37(72-24(4)57)18-36(71-23(3)56)19-38(40)83-44/h14-19,21-22,39,42-43,45,47-55H,20H2,1-13H3/t21-,22-,39+,42-,43-,45-,47+,48+,49-,50+,51+,52+,53+,54-,55+/m0/s1. The molecule has 0 saturated carbocycles. The lowest BCUT2D eigenvalue weighted by atomic mass is 9.96. The third-order valence-corrected chi connectivity index (χ3v) is 12.2. The van der Waals surface area contributed by atoms with Crippen molar-refractivity contribution in [3.05, 3.63) is 46.6 Å². The summed E-state index contributed by atoms with van der Waals surface area (Å²) in [6.45, 7) is 13.4. The summed E-state index contributed by atoms with van der Waals surface area (Å²) >= 11 is 0. The first-order valence-electron chi connectivity index (χ1n) is 26.0. The van der Waals surface area contributed by atoms with E-state index in [1.54, 1.807) is 0 Å². The number of carbonyl (C=O) groups is 11. The third kappa shape index (κ3) is 17.0. The average molecular weight is 1200 g/mol. The van der Waals surface area contributed by atoms with E-state index in [4.69, 9.17) is 84.9 Å². The molecule has 85 heavy (non-hydrogen) atoms. The number of benzene rings is 2. The van der Waals surface area contributed by atoms with Crippen LogP contribution in [0.3, 0.4) is 0 Å². The molecule has 4 heterocycles. The molecule has 6 rings (SSSR count). The molecule has 30 heteroatoms. The highest BCUT2D eigenvalue weighted by Gasteiger charge is 2.58. The summed E-state index contributed by atoms with van der Waals surface area (Å²) in [6, 6.07) is 7.48. The summed E-state index contributed by atoms with van der Waals surface area (Å²) in [5, 5.41) is -0.362. The summed E-state index contributed by atoms with van der Waals surface area (Å²) in [7, 11) is 0. The molecule has 3 fully saturated rings. The fourth-order valence-corrected chi connectivity index (χ4v) is 9.39. The van der Waals surface area contributed by atoms with Gasteiger partial charge in [-0.1, -0.05) is 0 Å². The van der Waals surface area contributed by atoms with Crippen molar-refractivity contribution in [1.29, 1.82) is 0 Å². The molecule has 0 spiro atoms. The normalized spacial score (nSPS) is 27.1. The lowest BCUT2D eigenvalue weighted by Crippen LogP contribution is -2.66. The first-order chi connectivity index (χ1) is 39.9. The molecule has 3 aliphatic heterocycles. The minimum atomic E-state index is -1.83. The molecular formula is C55H62O30.